The van der Waals surface area contributed by atoms with E-state index in [-0.39, 0.29) is 5.78 Å². The molecule has 35 heavy (non-hydrogen) atoms. The highest BCUT2D eigenvalue weighted by atomic mass is 16.5. The van der Waals surface area contributed by atoms with Crippen molar-refractivity contribution in [1.82, 2.24) is 4.90 Å². The van der Waals surface area contributed by atoms with Gasteiger partial charge >= 0.3 is 6.09 Å². The quantitative estimate of drug-likeness (QED) is 0.457. The molecule has 3 aromatic carbocycles. The minimum absolute atomic E-state index is 0.0775. The van der Waals surface area contributed by atoms with Crippen LogP contribution in [0, 0.1) is 0 Å². The summed E-state index contributed by atoms with van der Waals surface area (Å²) in [7, 11) is 1.69. The number of piperazine rings is 1. The van der Waals surface area contributed by atoms with E-state index in [2.05, 4.69) is 15.9 Å². The molecular formula is C28H31N3O4. The fourth-order valence-corrected chi connectivity index (χ4v) is 4.44. The lowest BCUT2D eigenvalue weighted by Crippen LogP contribution is -2.47. The molecule has 1 saturated heterocycles. The molecule has 0 spiro atoms. The number of carboxylic acid groups (broad SMARTS) is 1. The third kappa shape index (κ3) is 6.00. The number of amides is 1. The third-order valence-corrected chi connectivity index (χ3v) is 6.36. The number of methoxy groups -OCH3 is 1. The lowest BCUT2D eigenvalue weighted by Gasteiger charge is -2.36. The second-order valence-electron chi connectivity index (χ2n) is 8.53. The number of hydrogen-bond donors (Lipinski definition) is 1. The predicted octanol–water partition coefficient (Wildman–Crippen LogP) is 4.62. The van der Waals surface area contributed by atoms with Crippen molar-refractivity contribution in [3.63, 3.8) is 0 Å². The minimum Gasteiger partial charge on any atom is -0.495 e. The Morgan fingerprint density at radius 3 is 2.14 bits per heavy atom. The zero-order valence-electron chi connectivity index (χ0n) is 20.0. The summed E-state index contributed by atoms with van der Waals surface area (Å²) in [5, 5.41) is 9.76. The summed E-state index contributed by atoms with van der Waals surface area (Å²) >= 11 is 0. The first-order chi connectivity index (χ1) is 17.1. The highest BCUT2D eigenvalue weighted by molar-refractivity contribution is 6.09. The molecule has 1 aliphatic rings. The van der Waals surface area contributed by atoms with Crippen molar-refractivity contribution in [2.24, 2.45) is 0 Å². The van der Waals surface area contributed by atoms with Gasteiger partial charge < -0.3 is 14.7 Å². The topological polar surface area (TPSA) is 73.3 Å². The molecule has 4 rings (SSSR count). The van der Waals surface area contributed by atoms with Gasteiger partial charge in [0.05, 0.1) is 12.8 Å². The number of ether oxygens (including phenoxy) is 1. The van der Waals surface area contributed by atoms with Crippen LogP contribution in [0.15, 0.2) is 78.9 Å². The van der Waals surface area contributed by atoms with E-state index in [1.807, 2.05) is 36.4 Å². The van der Waals surface area contributed by atoms with E-state index in [0.717, 1.165) is 50.6 Å². The summed E-state index contributed by atoms with van der Waals surface area (Å²) in [6.45, 7) is 4.87. The van der Waals surface area contributed by atoms with Crippen LogP contribution < -0.4 is 14.5 Å². The molecule has 0 bridgehead atoms. The minimum atomic E-state index is -0.992. The smallest absolute Gasteiger partial charge is 0.411 e. The molecule has 3 aromatic rings. The first-order valence-corrected chi connectivity index (χ1v) is 11.9. The van der Waals surface area contributed by atoms with Gasteiger partial charge in [0.1, 0.15) is 5.75 Å². The van der Waals surface area contributed by atoms with Crippen LogP contribution in [0.1, 0.15) is 22.3 Å². The maximum atomic E-state index is 12.6. The van der Waals surface area contributed by atoms with Crippen LogP contribution >= 0.6 is 0 Å². The summed E-state index contributed by atoms with van der Waals surface area (Å²) in [6.07, 6.45) is -0.265. The average Bonchev–Trinajstić information content (AvgIpc) is 2.91. The molecule has 1 fully saturated rings. The van der Waals surface area contributed by atoms with Crippen LogP contribution in [0.4, 0.5) is 16.2 Å². The van der Waals surface area contributed by atoms with Gasteiger partial charge in [0.15, 0.2) is 5.78 Å². The lowest BCUT2D eigenvalue weighted by molar-refractivity contribution is 0.103. The Morgan fingerprint density at radius 1 is 0.857 bits per heavy atom. The first-order valence-electron chi connectivity index (χ1n) is 11.9. The molecule has 0 unspecified atom stereocenters. The van der Waals surface area contributed by atoms with Crippen LogP contribution in [0.2, 0.25) is 0 Å². The zero-order valence-corrected chi connectivity index (χ0v) is 20.0. The summed E-state index contributed by atoms with van der Waals surface area (Å²) < 4.78 is 5.49. The number of anilines is 2. The van der Waals surface area contributed by atoms with Crippen LogP contribution in [0.5, 0.6) is 5.75 Å². The number of nitrogens with zero attached hydrogens (tertiary/aromatic N) is 3. The fraction of sp³-hybridized carbons (Fsp3) is 0.286. The van der Waals surface area contributed by atoms with E-state index in [9.17, 15) is 14.7 Å². The maximum Gasteiger partial charge on any atom is 0.411 e. The van der Waals surface area contributed by atoms with E-state index in [0.29, 0.717) is 23.4 Å². The van der Waals surface area contributed by atoms with Gasteiger partial charge in [0, 0.05) is 49.5 Å². The van der Waals surface area contributed by atoms with Crippen molar-refractivity contribution in [1.29, 1.82) is 0 Å². The van der Waals surface area contributed by atoms with Crippen molar-refractivity contribution in [2.45, 2.75) is 6.42 Å². The van der Waals surface area contributed by atoms with Crippen LogP contribution in [0.3, 0.4) is 0 Å². The van der Waals surface area contributed by atoms with Crippen molar-refractivity contribution in [3.8, 4) is 5.75 Å². The predicted molar refractivity (Wildman–Crippen MR) is 138 cm³/mol. The Hall–Kier alpha value is -3.84. The van der Waals surface area contributed by atoms with Crippen LogP contribution in [-0.4, -0.2) is 68.3 Å². The maximum absolute atomic E-state index is 12.6. The van der Waals surface area contributed by atoms with E-state index < -0.39 is 6.09 Å². The van der Waals surface area contributed by atoms with Crippen molar-refractivity contribution in [2.75, 3.05) is 56.2 Å². The normalized spacial score (nSPS) is 13.9. The Morgan fingerprint density at radius 2 is 1.49 bits per heavy atom. The molecule has 1 N–H and O–H groups in total. The van der Waals surface area contributed by atoms with E-state index in [4.69, 9.17) is 4.74 Å². The Kier molecular flexibility index (Phi) is 8.00. The van der Waals surface area contributed by atoms with Gasteiger partial charge in [-0.15, -0.1) is 0 Å². The number of carbonyl (C=O) groups is 2. The van der Waals surface area contributed by atoms with E-state index >= 15 is 0 Å². The molecular weight excluding hydrogens is 442 g/mol. The van der Waals surface area contributed by atoms with Crippen LogP contribution in [0.25, 0.3) is 0 Å². The van der Waals surface area contributed by atoms with Gasteiger partial charge in [-0.25, -0.2) is 4.79 Å². The van der Waals surface area contributed by atoms with Crippen molar-refractivity contribution >= 4 is 23.3 Å². The van der Waals surface area contributed by atoms with Crippen molar-refractivity contribution in [3.05, 3.63) is 90.0 Å². The van der Waals surface area contributed by atoms with Gasteiger partial charge in [0.2, 0.25) is 0 Å². The van der Waals surface area contributed by atoms with Crippen molar-refractivity contribution < 1.29 is 19.4 Å². The molecule has 182 valence electrons. The number of carbonyl (C=O) groups excluding carboxylic acids is 1. The molecule has 1 amide bonds. The highest BCUT2D eigenvalue weighted by Gasteiger charge is 2.20. The molecule has 0 aliphatic carbocycles. The Balaban J connectivity index is 1.29. The molecule has 1 heterocycles. The average molecular weight is 474 g/mol. The van der Waals surface area contributed by atoms with Gasteiger partial charge in [-0.2, -0.15) is 0 Å². The van der Waals surface area contributed by atoms with Gasteiger partial charge in [-0.1, -0.05) is 42.5 Å². The molecule has 0 atom stereocenters. The molecule has 1 aliphatic heterocycles. The molecule has 0 radical (unpaired) electrons. The summed E-state index contributed by atoms with van der Waals surface area (Å²) in [4.78, 5) is 30.6. The summed E-state index contributed by atoms with van der Waals surface area (Å²) in [6, 6.07) is 23.9. The lowest BCUT2D eigenvalue weighted by atomic mass is 10.0. The highest BCUT2D eigenvalue weighted by Crippen LogP contribution is 2.28. The monoisotopic (exact) mass is 473 g/mol. The first kappa shape index (κ1) is 24.3. The summed E-state index contributed by atoms with van der Waals surface area (Å²) in [5.41, 5.74) is 2.84. The molecule has 7 nitrogen and oxygen atoms in total. The largest absolute Gasteiger partial charge is 0.495 e. The third-order valence-electron chi connectivity index (χ3n) is 6.36. The van der Waals surface area contributed by atoms with E-state index in [1.165, 1.54) is 4.90 Å². The van der Waals surface area contributed by atoms with Crippen LogP contribution in [-0.2, 0) is 0 Å². The molecule has 7 heteroatoms. The van der Waals surface area contributed by atoms with Gasteiger partial charge in [0.25, 0.3) is 0 Å². The van der Waals surface area contributed by atoms with Gasteiger partial charge in [-0.3, -0.25) is 14.6 Å². The molecule has 0 aromatic heterocycles. The number of hydrogen-bond acceptors (Lipinski definition) is 5. The second-order valence-corrected chi connectivity index (χ2v) is 8.53. The van der Waals surface area contributed by atoms with Gasteiger partial charge in [-0.05, 0) is 49.4 Å². The number of rotatable bonds is 9. The number of benzene rings is 3. The molecule has 0 saturated carbocycles. The number of para-hydroxylation sites is 2. The SMILES string of the molecule is COc1ccccc1N1CCN(CCCN(C(=O)O)c2ccc(C(=O)c3ccccc3)cc2)CC1. The standard InChI is InChI=1S/C28H31N3O4/c1-35-26-11-6-5-10-25(26)30-20-18-29(19-21-30)16-7-17-31(28(33)34)24-14-12-23(13-15-24)27(32)22-8-3-2-4-9-22/h2-6,8-15H,7,16-21H2,1H3,(H,33,34). The fourth-order valence-electron chi connectivity index (χ4n) is 4.44. The Bertz CT molecular complexity index is 1130. The second kappa shape index (κ2) is 11.5. The summed E-state index contributed by atoms with van der Waals surface area (Å²) in [5.74, 6) is 0.806. The van der Waals surface area contributed by atoms with E-state index in [1.54, 1.807) is 43.5 Å². The Labute approximate surface area is 206 Å². The number of ketones is 1. The zero-order chi connectivity index (χ0) is 24.6.